The van der Waals surface area contributed by atoms with Crippen LogP contribution in [0.5, 0.6) is 0 Å². The number of alkyl halides is 1. The molecule has 1 amide bonds. The summed E-state index contributed by atoms with van der Waals surface area (Å²) >= 11 is 9.14. The number of nitrogens with zero attached hydrogens (tertiary/aromatic N) is 1. The number of hydrogen-bond donors (Lipinski definition) is 0. The zero-order valence-electron chi connectivity index (χ0n) is 10.8. The maximum absolute atomic E-state index is 12.3. The zero-order chi connectivity index (χ0) is 14.1. The number of hydrogen-bond acceptors (Lipinski definition) is 3. The summed E-state index contributed by atoms with van der Waals surface area (Å²) < 4.78 is 0. The first-order chi connectivity index (χ1) is 9.74. The van der Waals surface area contributed by atoms with Crippen molar-refractivity contribution in [1.29, 1.82) is 0 Å². The highest BCUT2D eigenvalue weighted by molar-refractivity contribution is 8.00. The Morgan fingerprint density at radius 1 is 1.20 bits per heavy atom. The maximum atomic E-state index is 12.3. The first-order valence-corrected chi connectivity index (χ1v) is 8.66. The Balaban J connectivity index is 2.19. The summed E-state index contributed by atoms with van der Waals surface area (Å²) in [4.78, 5) is 17.3. The molecule has 5 heteroatoms. The van der Waals surface area contributed by atoms with Crippen LogP contribution in [0, 0.1) is 0 Å². The van der Waals surface area contributed by atoms with E-state index in [0.29, 0.717) is 0 Å². The van der Waals surface area contributed by atoms with Crippen LogP contribution in [-0.4, -0.2) is 18.0 Å². The van der Waals surface area contributed by atoms with Crippen LogP contribution in [0.4, 0.5) is 11.4 Å². The lowest BCUT2D eigenvalue weighted by Gasteiger charge is -2.30. The molecule has 102 valence electrons. The molecular weight excluding hydrogens is 310 g/mol. The van der Waals surface area contributed by atoms with Crippen LogP contribution in [0.1, 0.15) is 0 Å². The fraction of sp³-hybridized carbons (Fsp3) is 0.133. The van der Waals surface area contributed by atoms with Gasteiger partial charge in [-0.05, 0) is 36.6 Å². The van der Waals surface area contributed by atoms with Crippen LogP contribution < -0.4 is 4.90 Å². The van der Waals surface area contributed by atoms with E-state index in [4.69, 9.17) is 11.6 Å². The zero-order valence-corrected chi connectivity index (χ0v) is 13.2. The average Bonchev–Trinajstić information content (AvgIpc) is 2.51. The van der Waals surface area contributed by atoms with Gasteiger partial charge in [0.15, 0.2) is 0 Å². The van der Waals surface area contributed by atoms with Gasteiger partial charge in [-0.15, -0.1) is 23.4 Å². The van der Waals surface area contributed by atoms with E-state index >= 15 is 0 Å². The second-order valence-electron chi connectivity index (χ2n) is 4.27. The van der Waals surface area contributed by atoms with Crippen molar-refractivity contribution in [2.24, 2.45) is 0 Å². The van der Waals surface area contributed by atoms with E-state index in [1.807, 2.05) is 36.6 Å². The van der Waals surface area contributed by atoms with E-state index in [1.165, 1.54) is 0 Å². The Kier molecular flexibility index (Phi) is 3.96. The lowest BCUT2D eigenvalue weighted by molar-refractivity contribution is -0.115. The van der Waals surface area contributed by atoms with Gasteiger partial charge >= 0.3 is 0 Å². The number of carbonyl (C=O) groups excluding carboxylic acids is 1. The van der Waals surface area contributed by atoms with Crippen LogP contribution in [0.2, 0.25) is 0 Å². The number of anilines is 2. The Morgan fingerprint density at radius 2 is 1.95 bits per heavy atom. The molecule has 0 N–H and O–H groups in total. The summed E-state index contributed by atoms with van der Waals surface area (Å²) in [6.07, 6.45) is 2.03. The largest absolute Gasteiger partial charge is 0.278 e. The highest BCUT2D eigenvalue weighted by Gasteiger charge is 2.27. The SMILES string of the molecule is CSc1ccc2c(c1)N(C(=O)CCl)c1ccccc1S2. The van der Waals surface area contributed by atoms with Gasteiger partial charge in [0.2, 0.25) is 5.91 Å². The maximum Gasteiger partial charge on any atom is 0.246 e. The van der Waals surface area contributed by atoms with E-state index in [9.17, 15) is 4.79 Å². The molecule has 0 fully saturated rings. The molecule has 0 bridgehead atoms. The number of fused-ring (bicyclic) bond motifs is 2. The Bertz CT molecular complexity index is 675. The summed E-state index contributed by atoms with van der Waals surface area (Å²) in [6.45, 7) is 0. The first kappa shape index (κ1) is 13.9. The second kappa shape index (κ2) is 5.72. The standard InChI is InChI=1S/C15H12ClNOS2/c1-19-10-6-7-14-12(8-10)17(15(18)9-16)11-4-2-3-5-13(11)20-14/h2-8H,9H2,1H3. The minimum Gasteiger partial charge on any atom is -0.278 e. The van der Waals surface area contributed by atoms with Gasteiger partial charge < -0.3 is 0 Å². The van der Waals surface area contributed by atoms with Crippen molar-refractivity contribution in [3.05, 3.63) is 42.5 Å². The van der Waals surface area contributed by atoms with Gasteiger partial charge in [0.1, 0.15) is 5.88 Å². The summed E-state index contributed by atoms with van der Waals surface area (Å²) in [5.41, 5.74) is 1.83. The van der Waals surface area contributed by atoms with Crippen molar-refractivity contribution in [3.8, 4) is 0 Å². The third kappa shape index (κ3) is 2.32. The predicted octanol–water partition coefficient (Wildman–Crippen LogP) is 4.78. The number of amides is 1. The van der Waals surface area contributed by atoms with Gasteiger partial charge in [-0.1, -0.05) is 23.9 Å². The molecule has 2 aromatic carbocycles. The number of rotatable bonds is 2. The van der Waals surface area contributed by atoms with Crippen molar-refractivity contribution >= 4 is 52.4 Å². The summed E-state index contributed by atoms with van der Waals surface area (Å²) in [6, 6.07) is 14.1. The minimum absolute atomic E-state index is 0.0259. The number of halogens is 1. The minimum atomic E-state index is -0.0982. The van der Waals surface area contributed by atoms with Crippen molar-refractivity contribution in [2.45, 2.75) is 14.7 Å². The molecule has 0 spiro atoms. The lowest BCUT2D eigenvalue weighted by atomic mass is 10.2. The highest BCUT2D eigenvalue weighted by atomic mass is 35.5. The van der Waals surface area contributed by atoms with Crippen LogP contribution >= 0.6 is 35.1 Å². The third-order valence-corrected chi connectivity index (χ3v) is 5.18. The Hall–Kier alpha value is -1.10. The van der Waals surface area contributed by atoms with Crippen LogP contribution in [-0.2, 0) is 4.79 Å². The van der Waals surface area contributed by atoms with E-state index < -0.39 is 0 Å². The smallest absolute Gasteiger partial charge is 0.246 e. The average molecular weight is 322 g/mol. The number of benzene rings is 2. The molecule has 0 saturated carbocycles. The number of carbonyl (C=O) groups is 1. The molecule has 0 atom stereocenters. The molecule has 1 aliphatic heterocycles. The molecular formula is C15H12ClNOS2. The molecule has 0 aromatic heterocycles. The van der Waals surface area contributed by atoms with Crippen molar-refractivity contribution in [2.75, 3.05) is 17.0 Å². The second-order valence-corrected chi connectivity index (χ2v) is 6.50. The Labute approximate surface area is 131 Å². The van der Waals surface area contributed by atoms with Crippen molar-refractivity contribution < 1.29 is 4.79 Å². The molecule has 1 heterocycles. The third-order valence-electron chi connectivity index (χ3n) is 3.10. The van der Waals surface area contributed by atoms with E-state index in [-0.39, 0.29) is 11.8 Å². The molecule has 3 rings (SSSR count). The van der Waals surface area contributed by atoms with Gasteiger partial charge in [-0.3, -0.25) is 9.69 Å². The monoisotopic (exact) mass is 321 g/mol. The normalized spacial score (nSPS) is 12.8. The molecule has 0 unspecified atom stereocenters. The van der Waals surface area contributed by atoms with E-state index in [1.54, 1.807) is 28.4 Å². The number of para-hydroxylation sites is 1. The summed E-state index contributed by atoms with van der Waals surface area (Å²) in [5, 5.41) is 0. The van der Waals surface area contributed by atoms with Gasteiger partial charge in [0, 0.05) is 14.7 Å². The predicted molar refractivity (Wildman–Crippen MR) is 86.7 cm³/mol. The van der Waals surface area contributed by atoms with Crippen LogP contribution in [0.3, 0.4) is 0 Å². The molecule has 20 heavy (non-hydrogen) atoms. The van der Waals surface area contributed by atoms with Gasteiger partial charge in [0.25, 0.3) is 0 Å². The summed E-state index contributed by atoms with van der Waals surface area (Å²) in [7, 11) is 0. The molecule has 2 nitrogen and oxygen atoms in total. The van der Waals surface area contributed by atoms with Gasteiger partial charge in [-0.2, -0.15) is 0 Å². The van der Waals surface area contributed by atoms with E-state index in [0.717, 1.165) is 26.1 Å². The first-order valence-electron chi connectivity index (χ1n) is 6.08. The summed E-state index contributed by atoms with van der Waals surface area (Å²) in [5.74, 6) is -0.124. The van der Waals surface area contributed by atoms with Crippen LogP contribution in [0.15, 0.2) is 57.2 Å². The molecule has 2 aromatic rings. The highest BCUT2D eigenvalue weighted by Crippen LogP contribution is 2.48. The van der Waals surface area contributed by atoms with Crippen molar-refractivity contribution in [1.82, 2.24) is 0 Å². The molecule has 0 radical (unpaired) electrons. The Morgan fingerprint density at radius 3 is 2.70 bits per heavy atom. The van der Waals surface area contributed by atoms with E-state index in [2.05, 4.69) is 12.1 Å². The molecule has 0 saturated heterocycles. The topological polar surface area (TPSA) is 20.3 Å². The fourth-order valence-electron chi connectivity index (χ4n) is 2.19. The van der Waals surface area contributed by atoms with Gasteiger partial charge in [-0.25, -0.2) is 0 Å². The lowest BCUT2D eigenvalue weighted by Crippen LogP contribution is -2.29. The van der Waals surface area contributed by atoms with Crippen LogP contribution in [0.25, 0.3) is 0 Å². The van der Waals surface area contributed by atoms with Crippen molar-refractivity contribution in [3.63, 3.8) is 0 Å². The fourth-order valence-corrected chi connectivity index (χ4v) is 3.78. The quantitative estimate of drug-likeness (QED) is 0.586. The van der Waals surface area contributed by atoms with Gasteiger partial charge in [0.05, 0.1) is 11.4 Å². The molecule has 0 aliphatic carbocycles. The molecule has 1 aliphatic rings. The number of thioether (sulfide) groups is 1.